The van der Waals surface area contributed by atoms with Crippen LogP contribution in [0.15, 0.2) is 18.2 Å². The highest BCUT2D eigenvalue weighted by molar-refractivity contribution is 5.67. The lowest BCUT2D eigenvalue weighted by molar-refractivity contribution is -0.384. The first-order valence-electron chi connectivity index (χ1n) is 4.84. The SMILES string of the molecule is Cc1cccc(N2CC(N)C2)c1[N+](=O)[O-]. The number of hydrogen-bond acceptors (Lipinski definition) is 4. The zero-order valence-electron chi connectivity index (χ0n) is 8.51. The minimum atomic E-state index is -0.325. The maximum Gasteiger partial charge on any atom is 0.295 e. The van der Waals surface area contributed by atoms with E-state index in [0.717, 1.165) is 0 Å². The molecule has 1 aromatic carbocycles. The highest BCUT2D eigenvalue weighted by atomic mass is 16.6. The number of hydrogen-bond donors (Lipinski definition) is 1. The molecule has 1 saturated heterocycles. The number of nitrogens with zero attached hydrogens (tertiary/aromatic N) is 2. The summed E-state index contributed by atoms with van der Waals surface area (Å²) in [6, 6.07) is 5.50. The van der Waals surface area contributed by atoms with E-state index >= 15 is 0 Å². The molecule has 1 aromatic rings. The summed E-state index contributed by atoms with van der Waals surface area (Å²) in [6.07, 6.45) is 0. The summed E-state index contributed by atoms with van der Waals surface area (Å²) in [5.74, 6) is 0. The molecule has 2 N–H and O–H groups in total. The van der Waals surface area contributed by atoms with Crippen LogP contribution in [-0.2, 0) is 0 Å². The predicted molar refractivity (Wildman–Crippen MR) is 58.0 cm³/mol. The van der Waals surface area contributed by atoms with E-state index in [-0.39, 0.29) is 16.7 Å². The zero-order chi connectivity index (χ0) is 11.0. The van der Waals surface area contributed by atoms with Crippen LogP contribution in [0.2, 0.25) is 0 Å². The minimum absolute atomic E-state index is 0.144. The van der Waals surface area contributed by atoms with Crippen LogP contribution in [0.1, 0.15) is 5.56 Å². The van der Waals surface area contributed by atoms with Gasteiger partial charge >= 0.3 is 0 Å². The average Bonchev–Trinajstić information content (AvgIpc) is 2.12. The Hall–Kier alpha value is -1.62. The number of benzene rings is 1. The lowest BCUT2D eigenvalue weighted by Gasteiger charge is -2.38. The topological polar surface area (TPSA) is 72.4 Å². The fourth-order valence-corrected chi connectivity index (χ4v) is 1.85. The van der Waals surface area contributed by atoms with Crippen LogP contribution in [-0.4, -0.2) is 24.1 Å². The van der Waals surface area contributed by atoms with E-state index in [0.29, 0.717) is 24.3 Å². The zero-order valence-corrected chi connectivity index (χ0v) is 8.51. The standard InChI is InChI=1S/C10H13N3O2/c1-7-3-2-4-9(10(7)13(14)15)12-5-8(11)6-12/h2-4,8H,5-6,11H2,1H3. The Morgan fingerprint density at radius 2 is 2.20 bits per heavy atom. The molecule has 1 aliphatic rings. The lowest BCUT2D eigenvalue weighted by Crippen LogP contribution is -2.56. The van der Waals surface area contributed by atoms with Gasteiger partial charge in [0, 0.05) is 24.7 Å². The van der Waals surface area contributed by atoms with Crippen molar-refractivity contribution in [2.75, 3.05) is 18.0 Å². The molecule has 0 atom stereocenters. The molecule has 0 radical (unpaired) electrons. The smallest absolute Gasteiger partial charge is 0.295 e. The van der Waals surface area contributed by atoms with Gasteiger partial charge in [0.1, 0.15) is 5.69 Å². The lowest BCUT2D eigenvalue weighted by atomic mass is 10.1. The van der Waals surface area contributed by atoms with Gasteiger partial charge in [-0.25, -0.2) is 0 Å². The third kappa shape index (κ3) is 1.66. The summed E-state index contributed by atoms with van der Waals surface area (Å²) in [5.41, 5.74) is 7.23. The number of aryl methyl sites for hydroxylation is 1. The first kappa shape index (κ1) is 9.92. The molecular formula is C10H13N3O2. The highest BCUT2D eigenvalue weighted by Gasteiger charge is 2.29. The second-order valence-electron chi connectivity index (χ2n) is 3.86. The van der Waals surface area contributed by atoms with Crippen molar-refractivity contribution in [2.24, 2.45) is 5.73 Å². The second kappa shape index (κ2) is 3.51. The molecule has 80 valence electrons. The van der Waals surface area contributed by atoms with Crippen molar-refractivity contribution >= 4 is 11.4 Å². The van der Waals surface area contributed by atoms with Crippen LogP contribution >= 0.6 is 0 Å². The van der Waals surface area contributed by atoms with Gasteiger partial charge in [0.25, 0.3) is 5.69 Å². The highest BCUT2D eigenvalue weighted by Crippen LogP contribution is 2.33. The van der Waals surface area contributed by atoms with E-state index in [1.807, 2.05) is 11.0 Å². The van der Waals surface area contributed by atoms with Gasteiger partial charge in [-0.05, 0) is 13.0 Å². The van der Waals surface area contributed by atoms with Gasteiger partial charge in [0.05, 0.1) is 4.92 Å². The first-order valence-corrected chi connectivity index (χ1v) is 4.84. The van der Waals surface area contributed by atoms with Gasteiger partial charge in [-0.15, -0.1) is 0 Å². The molecule has 0 aromatic heterocycles. The molecule has 2 rings (SSSR count). The monoisotopic (exact) mass is 207 g/mol. The first-order chi connectivity index (χ1) is 7.09. The molecule has 5 heteroatoms. The van der Waals surface area contributed by atoms with Crippen molar-refractivity contribution in [3.8, 4) is 0 Å². The van der Waals surface area contributed by atoms with Gasteiger partial charge < -0.3 is 10.6 Å². The van der Waals surface area contributed by atoms with Crippen LogP contribution in [0.5, 0.6) is 0 Å². The van der Waals surface area contributed by atoms with Gasteiger partial charge in [-0.2, -0.15) is 0 Å². The van der Waals surface area contributed by atoms with Gasteiger partial charge in [0.2, 0.25) is 0 Å². The quantitative estimate of drug-likeness (QED) is 0.581. The number of nitrogens with two attached hydrogens (primary N) is 1. The molecule has 0 unspecified atom stereocenters. The number of nitro benzene ring substituents is 1. The normalized spacial score (nSPS) is 16.3. The molecule has 0 saturated carbocycles. The Bertz CT molecular complexity index is 400. The van der Waals surface area contributed by atoms with Crippen LogP contribution in [0, 0.1) is 17.0 Å². The maximum atomic E-state index is 10.9. The van der Waals surface area contributed by atoms with Crippen LogP contribution in [0.4, 0.5) is 11.4 Å². The van der Waals surface area contributed by atoms with E-state index in [4.69, 9.17) is 5.73 Å². The van der Waals surface area contributed by atoms with Gasteiger partial charge in [-0.1, -0.05) is 12.1 Å². The van der Waals surface area contributed by atoms with Crippen molar-refractivity contribution in [1.82, 2.24) is 0 Å². The summed E-state index contributed by atoms with van der Waals surface area (Å²) in [5, 5.41) is 10.9. The van der Waals surface area contributed by atoms with Gasteiger partial charge in [-0.3, -0.25) is 10.1 Å². The van der Waals surface area contributed by atoms with Crippen molar-refractivity contribution in [1.29, 1.82) is 0 Å². The van der Waals surface area contributed by atoms with E-state index in [9.17, 15) is 10.1 Å². The molecular weight excluding hydrogens is 194 g/mol. The fourth-order valence-electron chi connectivity index (χ4n) is 1.85. The second-order valence-corrected chi connectivity index (χ2v) is 3.86. The third-order valence-electron chi connectivity index (χ3n) is 2.65. The van der Waals surface area contributed by atoms with E-state index in [1.54, 1.807) is 19.1 Å². The summed E-state index contributed by atoms with van der Waals surface area (Å²) in [7, 11) is 0. The summed E-state index contributed by atoms with van der Waals surface area (Å²) in [4.78, 5) is 12.5. The molecule has 1 heterocycles. The molecule has 0 aliphatic carbocycles. The van der Waals surface area contributed by atoms with Crippen molar-refractivity contribution < 1.29 is 4.92 Å². The molecule has 1 fully saturated rings. The summed E-state index contributed by atoms with van der Waals surface area (Å²) in [6.45, 7) is 3.15. The number of nitro groups is 1. The largest absolute Gasteiger partial charge is 0.363 e. The maximum absolute atomic E-state index is 10.9. The Morgan fingerprint density at radius 1 is 1.53 bits per heavy atom. The van der Waals surface area contributed by atoms with Crippen molar-refractivity contribution in [3.63, 3.8) is 0 Å². The van der Waals surface area contributed by atoms with E-state index in [2.05, 4.69) is 0 Å². The Kier molecular flexibility index (Phi) is 2.32. The summed E-state index contributed by atoms with van der Waals surface area (Å²) >= 11 is 0. The molecule has 15 heavy (non-hydrogen) atoms. The number of rotatable bonds is 2. The molecule has 0 bridgehead atoms. The third-order valence-corrected chi connectivity index (χ3v) is 2.65. The van der Waals surface area contributed by atoms with Crippen molar-refractivity contribution in [2.45, 2.75) is 13.0 Å². The Morgan fingerprint density at radius 3 is 2.73 bits per heavy atom. The van der Waals surface area contributed by atoms with Crippen LogP contribution in [0.25, 0.3) is 0 Å². The van der Waals surface area contributed by atoms with Crippen LogP contribution in [0.3, 0.4) is 0 Å². The van der Waals surface area contributed by atoms with E-state index < -0.39 is 0 Å². The number of anilines is 1. The molecule has 5 nitrogen and oxygen atoms in total. The Balaban J connectivity index is 2.38. The molecule has 0 amide bonds. The minimum Gasteiger partial charge on any atom is -0.363 e. The van der Waals surface area contributed by atoms with Crippen LogP contribution < -0.4 is 10.6 Å². The molecule has 1 aliphatic heterocycles. The van der Waals surface area contributed by atoms with Crippen molar-refractivity contribution in [3.05, 3.63) is 33.9 Å². The fraction of sp³-hybridized carbons (Fsp3) is 0.400. The number of para-hydroxylation sites is 1. The molecule has 0 spiro atoms. The van der Waals surface area contributed by atoms with E-state index in [1.165, 1.54) is 0 Å². The summed E-state index contributed by atoms with van der Waals surface area (Å²) < 4.78 is 0. The predicted octanol–water partition coefficient (Wildman–Crippen LogP) is 1.05. The Labute approximate surface area is 87.6 Å². The average molecular weight is 207 g/mol. The van der Waals surface area contributed by atoms with Gasteiger partial charge in [0.15, 0.2) is 0 Å².